The van der Waals surface area contributed by atoms with Crippen LogP contribution in [0.4, 0.5) is 14.5 Å². The summed E-state index contributed by atoms with van der Waals surface area (Å²) in [5.74, 6) is -2.17. The first-order valence-electron chi connectivity index (χ1n) is 3.18. The molecular weight excluding hydrogens is 164 g/mol. The molecule has 0 radical (unpaired) electrons. The number of methoxy groups -OCH3 is 1. The number of hydrogen-bond donors (Lipinski definition) is 0. The Balaban J connectivity index is 3.28. The zero-order valence-electron chi connectivity index (χ0n) is 6.47. The normalized spacial score (nSPS) is 9.58. The fourth-order valence-electron chi connectivity index (χ4n) is 0.790. The van der Waals surface area contributed by atoms with Gasteiger partial charge in [0.1, 0.15) is 0 Å². The van der Waals surface area contributed by atoms with E-state index in [9.17, 15) is 8.78 Å². The van der Waals surface area contributed by atoms with Crippen molar-refractivity contribution in [1.82, 2.24) is 0 Å². The molecule has 1 aromatic rings. The number of hydrogen-bond acceptors (Lipinski definition) is 2. The van der Waals surface area contributed by atoms with E-state index in [-0.39, 0.29) is 11.4 Å². The molecule has 0 aliphatic heterocycles. The summed E-state index contributed by atoms with van der Waals surface area (Å²) in [6.07, 6.45) is 0. The summed E-state index contributed by atoms with van der Waals surface area (Å²) in [6.45, 7) is 3.18. The molecule has 0 fully saturated rings. The van der Waals surface area contributed by atoms with E-state index in [0.717, 1.165) is 6.07 Å². The minimum Gasteiger partial charge on any atom is -0.493 e. The zero-order valence-corrected chi connectivity index (χ0v) is 6.47. The second-order valence-corrected chi connectivity index (χ2v) is 2.10. The molecule has 0 atom stereocenters. The van der Waals surface area contributed by atoms with E-state index < -0.39 is 11.6 Å². The maximum atomic E-state index is 12.8. The lowest BCUT2D eigenvalue weighted by Crippen LogP contribution is -1.91. The maximum absolute atomic E-state index is 12.8. The van der Waals surface area contributed by atoms with Crippen molar-refractivity contribution in [3.63, 3.8) is 0 Å². The molecular formula is C8H7F2NO. The maximum Gasteiger partial charge on any atom is 0.200 e. The average molecular weight is 171 g/mol. The van der Waals surface area contributed by atoms with Gasteiger partial charge in [0, 0.05) is 12.1 Å². The number of rotatable bonds is 2. The highest BCUT2D eigenvalue weighted by Crippen LogP contribution is 2.25. The Morgan fingerprint density at radius 1 is 1.42 bits per heavy atom. The van der Waals surface area contributed by atoms with Gasteiger partial charge < -0.3 is 4.74 Å². The Hall–Kier alpha value is -1.45. The molecule has 1 aromatic carbocycles. The van der Waals surface area contributed by atoms with Crippen molar-refractivity contribution in [2.24, 2.45) is 4.99 Å². The van der Waals surface area contributed by atoms with E-state index in [1.165, 1.54) is 13.2 Å². The van der Waals surface area contributed by atoms with Gasteiger partial charge in [-0.1, -0.05) is 0 Å². The zero-order chi connectivity index (χ0) is 9.14. The molecule has 0 bridgehead atoms. The lowest BCUT2D eigenvalue weighted by molar-refractivity contribution is 0.372. The van der Waals surface area contributed by atoms with Crippen LogP contribution in [-0.4, -0.2) is 13.8 Å². The summed E-state index contributed by atoms with van der Waals surface area (Å²) < 4.78 is 30.0. The van der Waals surface area contributed by atoms with E-state index in [1.54, 1.807) is 0 Å². The molecule has 0 unspecified atom stereocenters. The van der Waals surface area contributed by atoms with Crippen molar-refractivity contribution in [3.05, 3.63) is 23.8 Å². The molecule has 0 aromatic heterocycles. The Bertz CT molecular complexity index is 312. The molecule has 64 valence electrons. The van der Waals surface area contributed by atoms with Crippen molar-refractivity contribution in [3.8, 4) is 5.75 Å². The first kappa shape index (κ1) is 8.64. The van der Waals surface area contributed by atoms with Crippen LogP contribution in [0.1, 0.15) is 0 Å². The second kappa shape index (κ2) is 3.30. The predicted molar refractivity (Wildman–Crippen MR) is 42.1 cm³/mol. The molecule has 0 amide bonds. The lowest BCUT2D eigenvalue weighted by Gasteiger charge is -2.02. The molecule has 12 heavy (non-hydrogen) atoms. The van der Waals surface area contributed by atoms with Crippen LogP contribution in [0.5, 0.6) is 5.75 Å². The number of benzene rings is 1. The molecule has 0 saturated heterocycles. The van der Waals surface area contributed by atoms with E-state index in [1.807, 2.05) is 0 Å². The highest BCUT2D eigenvalue weighted by Gasteiger charge is 2.09. The van der Waals surface area contributed by atoms with Crippen molar-refractivity contribution in [1.29, 1.82) is 0 Å². The van der Waals surface area contributed by atoms with Gasteiger partial charge in [-0.3, -0.25) is 4.99 Å². The topological polar surface area (TPSA) is 21.6 Å². The number of nitrogens with zero attached hydrogens (tertiary/aromatic N) is 1. The minimum absolute atomic E-state index is 0.169. The second-order valence-electron chi connectivity index (χ2n) is 2.10. The number of halogens is 2. The highest BCUT2D eigenvalue weighted by molar-refractivity contribution is 5.49. The third-order valence-electron chi connectivity index (χ3n) is 1.38. The molecule has 0 heterocycles. The van der Waals surface area contributed by atoms with Gasteiger partial charge >= 0.3 is 0 Å². The van der Waals surface area contributed by atoms with Gasteiger partial charge in [0.25, 0.3) is 0 Å². The van der Waals surface area contributed by atoms with Gasteiger partial charge in [0.2, 0.25) is 5.82 Å². The van der Waals surface area contributed by atoms with Crippen molar-refractivity contribution in [2.45, 2.75) is 0 Å². The van der Waals surface area contributed by atoms with Gasteiger partial charge in [-0.05, 0) is 6.72 Å². The molecule has 0 aliphatic carbocycles. The van der Waals surface area contributed by atoms with Crippen molar-refractivity contribution < 1.29 is 13.5 Å². The molecule has 0 aliphatic rings. The molecule has 1 rings (SSSR count). The fourth-order valence-corrected chi connectivity index (χ4v) is 0.790. The standard InChI is InChI=1S/C8H7F2NO/c1-11-5-3-6(9)8(10)7(4-5)12-2/h3-4H,1H2,2H3. The van der Waals surface area contributed by atoms with E-state index in [0.29, 0.717) is 0 Å². The number of ether oxygens (including phenoxy) is 1. The molecule has 0 saturated carbocycles. The third-order valence-corrected chi connectivity index (χ3v) is 1.38. The van der Waals surface area contributed by atoms with Crippen LogP contribution in [-0.2, 0) is 0 Å². The van der Waals surface area contributed by atoms with Gasteiger partial charge in [-0.25, -0.2) is 4.39 Å². The summed E-state index contributed by atoms with van der Waals surface area (Å²) in [5, 5.41) is 0. The average Bonchev–Trinajstić information content (AvgIpc) is 2.09. The monoisotopic (exact) mass is 171 g/mol. The first-order chi connectivity index (χ1) is 5.69. The summed E-state index contributed by atoms with van der Waals surface area (Å²) >= 11 is 0. The lowest BCUT2D eigenvalue weighted by atomic mass is 10.3. The van der Waals surface area contributed by atoms with Crippen LogP contribution in [0.25, 0.3) is 0 Å². The predicted octanol–water partition coefficient (Wildman–Crippen LogP) is 2.31. The van der Waals surface area contributed by atoms with Gasteiger partial charge in [-0.2, -0.15) is 4.39 Å². The van der Waals surface area contributed by atoms with Crippen LogP contribution in [0, 0.1) is 11.6 Å². The van der Waals surface area contributed by atoms with Crippen LogP contribution in [0.15, 0.2) is 17.1 Å². The fraction of sp³-hybridized carbons (Fsp3) is 0.125. The van der Waals surface area contributed by atoms with E-state index in [2.05, 4.69) is 16.4 Å². The van der Waals surface area contributed by atoms with Crippen LogP contribution >= 0.6 is 0 Å². The molecule has 2 nitrogen and oxygen atoms in total. The molecule has 0 spiro atoms. The Morgan fingerprint density at radius 2 is 2.08 bits per heavy atom. The quantitative estimate of drug-likeness (QED) is 0.625. The van der Waals surface area contributed by atoms with Crippen molar-refractivity contribution >= 4 is 12.4 Å². The summed E-state index contributed by atoms with van der Waals surface area (Å²) in [7, 11) is 1.25. The SMILES string of the molecule is C=Nc1cc(F)c(F)c(OC)c1. The summed E-state index contributed by atoms with van der Waals surface area (Å²) in [5.41, 5.74) is 0.241. The van der Waals surface area contributed by atoms with Gasteiger partial charge in [0.15, 0.2) is 11.6 Å². The van der Waals surface area contributed by atoms with Gasteiger partial charge in [0.05, 0.1) is 12.8 Å². The van der Waals surface area contributed by atoms with Crippen LogP contribution in [0.3, 0.4) is 0 Å². The third kappa shape index (κ3) is 1.42. The number of aliphatic imine (C=N–C) groups is 1. The van der Waals surface area contributed by atoms with E-state index in [4.69, 9.17) is 0 Å². The first-order valence-corrected chi connectivity index (χ1v) is 3.18. The summed E-state index contributed by atoms with van der Waals surface area (Å²) in [6, 6.07) is 2.22. The van der Waals surface area contributed by atoms with Gasteiger partial charge in [-0.15, -0.1) is 0 Å². The van der Waals surface area contributed by atoms with Crippen LogP contribution < -0.4 is 4.74 Å². The minimum atomic E-state index is -1.01. The largest absolute Gasteiger partial charge is 0.493 e. The summed E-state index contributed by atoms with van der Waals surface area (Å²) in [4.78, 5) is 3.44. The Labute approximate surface area is 68.5 Å². The molecule has 4 heteroatoms. The van der Waals surface area contributed by atoms with E-state index >= 15 is 0 Å². The van der Waals surface area contributed by atoms with Crippen molar-refractivity contribution in [2.75, 3.05) is 7.11 Å². The Kier molecular flexibility index (Phi) is 2.38. The van der Waals surface area contributed by atoms with Crippen LogP contribution in [0.2, 0.25) is 0 Å². The Morgan fingerprint density at radius 3 is 2.58 bits per heavy atom. The smallest absolute Gasteiger partial charge is 0.200 e. The molecule has 0 N–H and O–H groups in total. The highest BCUT2D eigenvalue weighted by atomic mass is 19.2.